The van der Waals surface area contributed by atoms with Gasteiger partial charge in [-0.15, -0.1) is 0 Å². The van der Waals surface area contributed by atoms with Crippen LogP contribution in [0.4, 0.5) is 26.3 Å². The Balaban J connectivity index is 1.72. The molecule has 4 rings (SSSR count). The maximum atomic E-state index is 14.1. The van der Waals surface area contributed by atoms with E-state index in [9.17, 15) is 26.3 Å². The summed E-state index contributed by atoms with van der Waals surface area (Å²) >= 11 is 0. The topological polar surface area (TPSA) is 87.7 Å². The van der Waals surface area contributed by atoms with Crippen LogP contribution >= 0.6 is 0 Å². The minimum atomic E-state index is -3.23. The van der Waals surface area contributed by atoms with Gasteiger partial charge >= 0.3 is 0 Å². The lowest BCUT2D eigenvalue weighted by atomic mass is 9.76. The molecule has 34 heavy (non-hydrogen) atoms. The predicted molar refractivity (Wildman–Crippen MR) is 115 cm³/mol. The van der Waals surface area contributed by atoms with Gasteiger partial charge in [0.25, 0.3) is 5.92 Å². The molecule has 2 aliphatic carbocycles. The Bertz CT molecular complexity index is 955. The van der Waals surface area contributed by atoms with Crippen molar-refractivity contribution in [1.29, 1.82) is 0 Å². The number of hydrogen-bond donors (Lipinski definition) is 3. The van der Waals surface area contributed by atoms with Crippen LogP contribution in [0.15, 0.2) is 28.2 Å². The lowest BCUT2D eigenvalue weighted by Gasteiger charge is -2.44. The van der Waals surface area contributed by atoms with Crippen LogP contribution in [0.3, 0.4) is 0 Å². The van der Waals surface area contributed by atoms with Gasteiger partial charge < -0.3 is 11.1 Å². The van der Waals surface area contributed by atoms with Crippen molar-refractivity contribution in [2.75, 3.05) is 0 Å². The normalized spacial score (nSPS) is 29.3. The monoisotopic (exact) mass is 490 g/mol. The van der Waals surface area contributed by atoms with Gasteiger partial charge in [-0.05, 0) is 37.8 Å². The molecule has 0 saturated heterocycles. The number of aromatic nitrogens is 1. The highest BCUT2D eigenvalue weighted by Crippen LogP contribution is 2.45. The van der Waals surface area contributed by atoms with Gasteiger partial charge in [0.05, 0.1) is 11.7 Å². The van der Waals surface area contributed by atoms with E-state index in [0.29, 0.717) is 6.92 Å². The number of aliphatic imine (C=N–C) groups is 2. The van der Waals surface area contributed by atoms with Gasteiger partial charge in [-0.1, -0.05) is 6.07 Å². The van der Waals surface area contributed by atoms with E-state index in [4.69, 9.17) is 5.73 Å². The van der Waals surface area contributed by atoms with Gasteiger partial charge in [0.15, 0.2) is 11.6 Å². The molecule has 2 heterocycles. The molecule has 188 valence electrons. The molecule has 4 N–H and O–H groups in total. The number of halogens is 6. The molecule has 3 aliphatic rings. The summed E-state index contributed by atoms with van der Waals surface area (Å²) in [5, 5.41) is 5.85. The predicted octanol–water partition coefficient (Wildman–Crippen LogP) is 4.61. The Hall–Kier alpha value is -2.53. The molecule has 1 aromatic rings. The van der Waals surface area contributed by atoms with Crippen LogP contribution in [0.5, 0.6) is 0 Å². The molecule has 1 unspecified atom stereocenters. The summed E-state index contributed by atoms with van der Waals surface area (Å²) in [6, 6.07) is 3.67. The van der Waals surface area contributed by atoms with E-state index >= 15 is 0 Å². The number of nitrogens with zero attached hydrogens (tertiary/aromatic N) is 3. The average Bonchev–Trinajstić information content (AvgIpc) is 2.74. The first-order chi connectivity index (χ1) is 15.8. The highest BCUT2D eigenvalue weighted by molar-refractivity contribution is 6.00. The number of guanidine groups is 2. The third-order valence-corrected chi connectivity index (χ3v) is 6.75. The van der Waals surface area contributed by atoms with E-state index in [1.54, 1.807) is 0 Å². The van der Waals surface area contributed by atoms with Crippen molar-refractivity contribution in [2.24, 2.45) is 21.6 Å². The van der Waals surface area contributed by atoms with E-state index < -0.39 is 53.9 Å². The Morgan fingerprint density at radius 2 is 1.59 bits per heavy atom. The first-order valence-corrected chi connectivity index (χ1v) is 11.4. The Morgan fingerprint density at radius 1 is 1.00 bits per heavy atom. The SMILES string of the molecule is CC(F)(F)c1cccc(C2(C3CCC(F)(F)CC3)N=C(N)NC(=NC3CCC(F)(F)CC3)N2)n1. The van der Waals surface area contributed by atoms with Gasteiger partial charge in [-0.3, -0.25) is 5.32 Å². The van der Waals surface area contributed by atoms with Crippen molar-refractivity contribution < 1.29 is 26.3 Å². The molecule has 1 atom stereocenters. The first kappa shape index (κ1) is 24.6. The maximum Gasteiger partial charge on any atom is 0.286 e. The fraction of sp³-hybridized carbons (Fsp3) is 0.682. The molecule has 2 saturated carbocycles. The molecule has 0 bridgehead atoms. The van der Waals surface area contributed by atoms with Crippen LogP contribution in [0.25, 0.3) is 0 Å². The molecule has 0 amide bonds. The van der Waals surface area contributed by atoms with Crippen LogP contribution in [0.1, 0.15) is 69.7 Å². The summed E-state index contributed by atoms with van der Waals surface area (Å²) in [7, 11) is 0. The van der Waals surface area contributed by atoms with Crippen LogP contribution in [0, 0.1) is 5.92 Å². The van der Waals surface area contributed by atoms with E-state index in [1.807, 2.05) is 0 Å². The van der Waals surface area contributed by atoms with Crippen molar-refractivity contribution in [2.45, 2.75) is 87.8 Å². The molecule has 1 aliphatic heterocycles. The van der Waals surface area contributed by atoms with Gasteiger partial charge in [-0.25, -0.2) is 32.5 Å². The van der Waals surface area contributed by atoms with Crippen molar-refractivity contribution >= 4 is 11.9 Å². The maximum absolute atomic E-state index is 14.1. The minimum Gasteiger partial charge on any atom is -0.370 e. The molecule has 0 aromatic carbocycles. The largest absolute Gasteiger partial charge is 0.370 e. The van der Waals surface area contributed by atoms with Crippen molar-refractivity contribution in [1.82, 2.24) is 15.6 Å². The van der Waals surface area contributed by atoms with E-state index in [0.717, 1.165) is 0 Å². The summed E-state index contributed by atoms with van der Waals surface area (Å²) in [6.45, 7) is 0.714. The summed E-state index contributed by atoms with van der Waals surface area (Å²) in [5.74, 6) is -9.28. The first-order valence-electron chi connectivity index (χ1n) is 11.4. The Kier molecular flexibility index (Phi) is 6.22. The molecule has 1 aromatic heterocycles. The third kappa shape index (κ3) is 5.25. The summed E-state index contributed by atoms with van der Waals surface area (Å²) in [6.07, 6.45) is -0.950. The van der Waals surface area contributed by atoms with Crippen LogP contribution in [-0.2, 0) is 11.6 Å². The second-order valence-electron chi connectivity index (χ2n) is 9.50. The summed E-state index contributed by atoms with van der Waals surface area (Å²) in [4.78, 5) is 13.1. The number of nitrogens with one attached hydrogen (secondary N) is 2. The van der Waals surface area contributed by atoms with Crippen molar-refractivity contribution in [3.8, 4) is 0 Å². The van der Waals surface area contributed by atoms with Gasteiger partial charge in [0.1, 0.15) is 5.69 Å². The zero-order chi connectivity index (χ0) is 24.8. The van der Waals surface area contributed by atoms with Gasteiger partial charge in [0.2, 0.25) is 17.8 Å². The van der Waals surface area contributed by atoms with Crippen LogP contribution in [0.2, 0.25) is 0 Å². The second kappa shape index (κ2) is 8.60. The van der Waals surface area contributed by atoms with Gasteiger partial charge in [-0.2, -0.15) is 8.78 Å². The zero-order valence-electron chi connectivity index (χ0n) is 18.7. The van der Waals surface area contributed by atoms with Crippen LogP contribution < -0.4 is 16.4 Å². The third-order valence-electron chi connectivity index (χ3n) is 6.75. The zero-order valence-corrected chi connectivity index (χ0v) is 18.7. The lowest BCUT2D eigenvalue weighted by molar-refractivity contribution is -0.0569. The number of hydrogen-bond acceptors (Lipinski definition) is 4. The van der Waals surface area contributed by atoms with E-state index in [-0.39, 0.29) is 56.1 Å². The standard InChI is InChI=1S/C22H28F6N6/c1-19(23,24)15-3-2-4-16(31-15)22(13-5-9-20(25,26)10-6-13)33-17(29)32-18(34-22)30-14-7-11-21(27,28)12-8-14/h2-4,13-14H,5-12H2,1H3,(H4,29,30,32,33,34). The van der Waals surface area contributed by atoms with E-state index in [2.05, 4.69) is 25.6 Å². The second-order valence-corrected chi connectivity index (χ2v) is 9.50. The molecule has 6 nitrogen and oxygen atoms in total. The fourth-order valence-electron chi connectivity index (χ4n) is 4.85. The average molecular weight is 490 g/mol. The Labute approximate surface area is 193 Å². The molecule has 0 radical (unpaired) electrons. The smallest absolute Gasteiger partial charge is 0.286 e. The molecular weight excluding hydrogens is 462 g/mol. The minimum absolute atomic E-state index is 0.0497. The van der Waals surface area contributed by atoms with Crippen LogP contribution in [-0.4, -0.2) is 34.8 Å². The lowest BCUT2D eigenvalue weighted by Crippen LogP contribution is -2.62. The molecule has 0 spiro atoms. The highest BCUT2D eigenvalue weighted by atomic mass is 19.3. The fourth-order valence-corrected chi connectivity index (χ4v) is 4.85. The van der Waals surface area contributed by atoms with E-state index in [1.165, 1.54) is 18.2 Å². The molecular formula is C22H28F6N6. The number of rotatable bonds is 4. The van der Waals surface area contributed by atoms with Crippen molar-refractivity contribution in [3.05, 3.63) is 29.6 Å². The highest BCUT2D eigenvalue weighted by Gasteiger charge is 2.50. The number of alkyl halides is 6. The molecule has 12 heteroatoms. The van der Waals surface area contributed by atoms with Crippen molar-refractivity contribution in [3.63, 3.8) is 0 Å². The molecule has 2 fully saturated rings. The summed E-state index contributed by atoms with van der Waals surface area (Å²) < 4.78 is 83.1. The Morgan fingerprint density at radius 3 is 2.18 bits per heavy atom. The number of nitrogens with two attached hydrogens (primary N) is 1. The quantitative estimate of drug-likeness (QED) is 0.538. The number of pyridine rings is 1. The summed E-state index contributed by atoms with van der Waals surface area (Å²) in [5.41, 5.74) is 4.15. The van der Waals surface area contributed by atoms with Gasteiger partial charge in [0, 0.05) is 38.5 Å².